The Labute approximate surface area is 161 Å². The molecule has 2 heterocycles. The molecule has 0 amide bonds. The topological polar surface area (TPSA) is 37.8 Å². The number of aromatic nitrogens is 2. The zero-order valence-electron chi connectivity index (χ0n) is 14.4. The number of thiophene rings is 1. The number of benzene rings is 2. The van der Waals surface area contributed by atoms with E-state index in [0.29, 0.717) is 11.4 Å². The van der Waals surface area contributed by atoms with Gasteiger partial charge in [-0.1, -0.05) is 61.0 Å². The van der Waals surface area contributed by atoms with Gasteiger partial charge in [0.25, 0.3) is 0 Å². The number of hydrogen-bond donors (Lipinski definition) is 1. The number of aryl methyl sites for hydroxylation is 1. The van der Waals surface area contributed by atoms with Crippen molar-refractivity contribution in [2.75, 3.05) is 5.32 Å². The first-order valence-electron chi connectivity index (χ1n) is 8.57. The van der Waals surface area contributed by atoms with E-state index >= 15 is 0 Å². The van der Waals surface area contributed by atoms with Crippen LogP contribution in [0.2, 0.25) is 5.02 Å². The molecule has 5 heteroatoms. The SMILES string of the molecule is CCc1cc2c(Nc3ccccc3Cl)nc(Cc3ccccc3)nc2s1. The zero-order chi connectivity index (χ0) is 17.9. The molecule has 4 rings (SSSR count). The lowest BCUT2D eigenvalue weighted by Crippen LogP contribution is -2.02. The maximum Gasteiger partial charge on any atom is 0.142 e. The van der Waals surface area contributed by atoms with Gasteiger partial charge in [0.05, 0.1) is 16.1 Å². The molecule has 26 heavy (non-hydrogen) atoms. The number of fused-ring (bicyclic) bond motifs is 1. The van der Waals surface area contributed by atoms with Gasteiger partial charge in [0.15, 0.2) is 0 Å². The molecule has 2 aromatic carbocycles. The fourth-order valence-electron chi connectivity index (χ4n) is 2.83. The molecule has 0 fully saturated rings. The van der Waals surface area contributed by atoms with Crippen molar-refractivity contribution in [2.24, 2.45) is 0 Å². The third-order valence-corrected chi connectivity index (χ3v) is 5.67. The lowest BCUT2D eigenvalue weighted by molar-refractivity contribution is 1.000. The Kier molecular flexibility index (Phi) is 4.87. The highest BCUT2D eigenvalue weighted by Gasteiger charge is 2.13. The van der Waals surface area contributed by atoms with Gasteiger partial charge in [-0.05, 0) is 30.2 Å². The second kappa shape index (κ2) is 7.44. The summed E-state index contributed by atoms with van der Waals surface area (Å²) in [6.45, 7) is 2.16. The van der Waals surface area contributed by atoms with Crippen LogP contribution in [0, 0.1) is 0 Å². The van der Waals surface area contributed by atoms with Gasteiger partial charge in [-0.3, -0.25) is 0 Å². The summed E-state index contributed by atoms with van der Waals surface area (Å²) in [5, 5.41) is 5.12. The molecule has 0 saturated carbocycles. The molecule has 0 atom stereocenters. The van der Waals surface area contributed by atoms with E-state index in [1.165, 1.54) is 10.4 Å². The molecular weight excluding hydrogens is 362 g/mol. The summed E-state index contributed by atoms with van der Waals surface area (Å²) >= 11 is 8.05. The normalized spacial score (nSPS) is 11.0. The highest BCUT2D eigenvalue weighted by Crippen LogP contribution is 2.33. The van der Waals surface area contributed by atoms with Crippen molar-refractivity contribution in [1.29, 1.82) is 0 Å². The van der Waals surface area contributed by atoms with Crippen LogP contribution in [-0.4, -0.2) is 9.97 Å². The lowest BCUT2D eigenvalue weighted by Gasteiger charge is -2.10. The van der Waals surface area contributed by atoms with Crippen LogP contribution in [0.15, 0.2) is 60.7 Å². The van der Waals surface area contributed by atoms with Crippen molar-refractivity contribution in [3.8, 4) is 0 Å². The van der Waals surface area contributed by atoms with E-state index in [2.05, 4.69) is 30.4 Å². The Morgan fingerprint density at radius 2 is 1.77 bits per heavy atom. The number of halogens is 1. The highest BCUT2D eigenvalue weighted by atomic mass is 35.5. The van der Waals surface area contributed by atoms with Gasteiger partial charge >= 0.3 is 0 Å². The molecule has 3 nitrogen and oxygen atoms in total. The van der Waals surface area contributed by atoms with Crippen LogP contribution >= 0.6 is 22.9 Å². The predicted octanol–water partition coefficient (Wildman–Crippen LogP) is 6.24. The summed E-state index contributed by atoms with van der Waals surface area (Å²) in [6.07, 6.45) is 1.69. The molecule has 130 valence electrons. The van der Waals surface area contributed by atoms with E-state index in [1.807, 2.05) is 42.5 Å². The van der Waals surface area contributed by atoms with Gasteiger partial charge in [0.1, 0.15) is 16.5 Å². The Balaban J connectivity index is 1.78. The lowest BCUT2D eigenvalue weighted by atomic mass is 10.1. The third-order valence-electron chi connectivity index (χ3n) is 4.17. The van der Waals surface area contributed by atoms with Crippen molar-refractivity contribution >= 4 is 44.7 Å². The smallest absolute Gasteiger partial charge is 0.142 e. The Morgan fingerprint density at radius 1 is 1.00 bits per heavy atom. The minimum absolute atomic E-state index is 0.676. The highest BCUT2D eigenvalue weighted by molar-refractivity contribution is 7.18. The van der Waals surface area contributed by atoms with Gasteiger partial charge in [-0.15, -0.1) is 11.3 Å². The molecule has 0 aliphatic rings. The predicted molar refractivity (Wildman–Crippen MR) is 111 cm³/mol. The van der Waals surface area contributed by atoms with Crippen LogP contribution in [0.3, 0.4) is 0 Å². The molecule has 0 bridgehead atoms. The van der Waals surface area contributed by atoms with E-state index in [0.717, 1.165) is 34.0 Å². The van der Waals surface area contributed by atoms with E-state index in [1.54, 1.807) is 11.3 Å². The molecule has 0 spiro atoms. The van der Waals surface area contributed by atoms with Crippen LogP contribution in [-0.2, 0) is 12.8 Å². The minimum atomic E-state index is 0.676. The van der Waals surface area contributed by atoms with E-state index in [9.17, 15) is 0 Å². The molecule has 0 unspecified atom stereocenters. The molecule has 0 radical (unpaired) electrons. The van der Waals surface area contributed by atoms with Crippen molar-refractivity contribution < 1.29 is 0 Å². The minimum Gasteiger partial charge on any atom is -0.338 e. The summed E-state index contributed by atoms with van der Waals surface area (Å²) < 4.78 is 0. The monoisotopic (exact) mass is 379 g/mol. The Hall–Kier alpha value is -2.43. The maximum atomic E-state index is 6.32. The first kappa shape index (κ1) is 17.0. The van der Waals surface area contributed by atoms with Gasteiger partial charge in [-0.2, -0.15) is 0 Å². The number of nitrogens with zero attached hydrogens (tertiary/aromatic N) is 2. The molecule has 0 saturated heterocycles. The number of nitrogens with one attached hydrogen (secondary N) is 1. The summed E-state index contributed by atoms with van der Waals surface area (Å²) in [5.74, 6) is 1.62. The van der Waals surface area contributed by atoms with E-state index in [-0.39, 0.29) is 0 Å². The molecule has 1 N–H and O–H groups in total. The third kappa shape index (κ3) is 3.57. The second-order valence-corrected chi connectivity index (χ2v) is 7.56. The summed E-state index contributed by atoms with van der Waals surface area (Å²) in [4.78, 5) is 11.9. The van der Waals surface area contributed by atoms with E-state index < -0.39 is 0 Å². The average Bonchev–Trinajstić information content (AvgIpc) is 3.08. The number of anilines is 2. The van der Waals surface area contributed by atoms with Crippen molar-refractivity contribution in [1.82, 2.24) is 9.97 Å². The fraction of sp³-hybridized carbons (Fsp3) is 0.143. The van der Waals surface area contributed by atoms with E-state index in [4.69, 9.17) is 21.6 Å². The van der Waals surface area contributed by atoms with Crippen LogP contribution in [0.25, 0.3) is 10.2 Å². The van der Waals surface area contributed by atoms with Crippen LogP contribution in [0.5, 0.6) is 0 Å². The zero-order valence-corrected chi connectivity index (χ0v) is 15.9. The number of para-hydroxylation sites is 1. The molecule has 2 aromatic heterocycles. The quantitative estimate of drug-likeness (QED) is 0.446. The van der Waals surface area contributed by atoms with Crippen LogP contribution in [0.4, 0.5) is 11.5 Å². The average molecular weight is 380 g/mol. The largest absolute Gasteiger partial charge is 0.338 e. The van der Waals surface area contributed by atoms with Crippen molar-refractivity contribution in [3.05, 3.63) is 82.0 Å². The molecule has 4 aromatic rings. The summed E-state index contributed by atoms with van der Waals surface area (Å²) in [7, 11) is 0. The first-order chi connectivity index (χ1) is 12.7. The number of hydrogen-bond acceptors (Lipinski definition) is 4. The van der Waals surface area contributed by atoms with Crippen molar-refractivity contribution in [3.63, 3.8) is 0 Å². The van der Waals surface area contributed by atoms with Crippen LogP contribution < -0.4 is 5.32 Å². The van der Waals surface area contributed by atoms with Gasteiger partial charge in [-0.25, -0.2) is 9.97 Å². The standard InChI is InChI=1S/C21H18ClN3S/c1-2-15-13-16-20(23-18-11-7-6-10-17(18)22)24-19(25-21(16)26-15)12-14-8-4-3-5-9-14/h3-11,13H,2,12H2,1H3,(H,23,24,25). The Morgan fingerprint density at radius 3 is 2.54 bits per heavy atom. The van der Waals surface area contributed by atoms with Gasteiger partial charge in [0.2, 0.25) is 0 Å². The Bertz CT molecular complexity index is 1040. The molecule has 0 aliphatic heterocycles. The fourth-order valence-corrected chi connectivity index (χ4v) is 4.00. The van der Waals surface area contributed by atoms with Gasteiger partial charge in [0, 0.05) is 11.3 Å². The summed E-state index contributed by atoms with van der Waals surface area (Å²) in [6, 6.07) is 20.2. The first-order valence-corrected chi connectivity index (χ1v) is 9.77. The van der Waals surface area contributed by atoms with Crippen LogP contribution in [0.1, 0.15) is 23.2 Å². The number of rotatable bonds is 5. The van der Waals surface area contributed by atoms with Crippen molar-refractivity contribution in [2.45, 2.75) is 19.8 Å². The maximum absolute atomic E-state index is 6.32. The summed E-state index contributed by atoms with van der Waals surface area (Å²) in [5.41, 5.74) is 2.05. The second-order valence-electron chi connectivity index (χ2n) is 6.04. The van der Waals surface area contributed by atoms with Gasteiger partial charge < -0.3 is 5.32 Å². The molecule has 0 aliphatic carbocycles. The molecular formula is C21H18ClN3S.